The first-order valence-corrected chi connectivity index (χ1v) is 8.90. The largest absolute Gasteiger partial charge is 0.469 e. The first kappa shape index (κ1) is 13.6. The average Bonchev–Trinajstić information content (AvgIpc) is 2.95. The maximum Gasteiger partial charge on any atom is 0.108 e. The summed E-state index contributed by atoms with van der Waals surface area (Å²) in [6.07, 6.45) is 14.8. The molecule has 1 aromatic rings. The van der Waals surface area contributed by atoms with Crippen molar-refractivity contribution in [3.63, 3.8) is 0 Å². The molecule has 0 saturated heterocycles. The number of fused-ring (bicyclic) bond motifs is 1. The lowest BCUT2D eigenvalue weighted by atomic mass is 9.87. The standard InChI is InChI=1S/C16H25NOS/c1-19-16(9-3-2-4-10-16)12-17-14-6-5-7-15-13(14)8-11-18-15/h8,11,14,17H,2-7,9-10,12H2,1H3. The van der Waals surface area contributed by atoms with Crippen LogP contribution in [0, 0.1) is 0 Å². The fraction of sp³-hybridized carbons (Fsp3) is 0.750. The summed E-state index contributed by atoms with van der Waals surface area (Å²) >= 11 is 2.08. The molecule has 2 aliphatic rings. The zero-order chi connectivity index (χ0) is 13.1. The van der Waals surface area contributed by atoms with Gasteiger partial charge < -0.3 is 9.73 Å². The van der Waals surface area contributed by atoms with E-state index < -0.39 is 0 Å². The van der Waals surface area contributed by atoms with Crippen molar-refractivity contribution in [2.45, 2.75) is 62.2 Å². The van der Waals surface area contributed by atoms with Crippen molar-refractivity contribution in [1.29, 1.82) is 0 Å². The van der Waals surface area contributed by atoms with E-state index in [0.29, 0.717) is 10.8 Å². The Kier molecular flexibility index (Phi) is 4.23. The Morgan fingerprint density at radius 1 is 1.32 bits per heavy atom. The molecule has 0 spiro atoms. The second kappa shape index (κ2) is 5.92. The lowest BCUT2D eigenvalue weighted by Gasteiger charge is -2.37. The molecule has 3 rings (SSSR count). The lowest BCUT2D eigenvalue weighted by molar-refractivity contribution is 0.344. The van der Waals surface area contributed by atoms with Gasteiger partial charge in [0.1, 0.15) is 5.76 Å². The van der Waals surface area contributed by atoms with Crippen molar-refractivity contribution in [1.82, 2.24) is 5.32 Å². The van der Waals surface area contributed by atoms with E-state index in [1.54, 1.807) is 0 Å². The molecule has 0 aliphatic heterocycles. The molecule has 2 aliphatic carbocycles. The van der Waals surface area contributed by atoms with Crippen LogP contribution in [-0.4, -0.2) is 17.5 Å². The molecule has 19 heavy (non-hydrogen) atoms. The zero-order valence-corrected chi connectivity index (χ0v) is 12.7. The average molecular weight is 279 g/mol. The Balaban J connectivity index is 1.63. The third-order valence-corrected chi connectivity index (χ3v) is 6.34. The van der Waals surface area contributed by atoms with Gasteiger partial charge in [0.2, 0.25) is 0 Å². The van der Waals surface area contributed by atoms with E-state index in [4.69, 9.17) is 4.42 Å². The molecule has 0 amide bonds. The summed E-state index contributed by atoms with van der Waals surface area (Å²) in [4.78, 5) is 0. The fourth-order valence-corrected chi connectivity index (χ4v) is 4.58. The van der Waals surface area contributed by atoms with Gasteiger partial charge in [-0.25, -0.2) is 0 Å². The highest BCUT2D eigenvalue weighted by molar-refractivity contribution is 8.00. The third-order valence-electron chi connectivity index (χ3n) is 4.92. The summed E-state index contributed by atoms with van der Waals surface area (Å²) in [6.45, 7) is 1.16. The quantitative estimate of drug-likeness (QED) is 0.889. The SMILES string of the molecule is CSC1(CNC2CCCc3occc32)CCCCC1. The van der Waals surface area contributed by atoms with Crippen LogP contribution in [0.25, 0.3) is 0 Å². The van der Waals surface area contributed by atoms with Gasteiger partial charge in [-0.3, -0.25) is 0 Å². The molecule has 1 fully saturated rings. The predicted molar refractivity (Wildman–Crippen MR) is 81.7 cm³/mol. The van der Waals surface area contributed by atoms with Crippen molar-refractivity contribution in [3.05, 3.63) is 23.7 Å². The molecule has 106 valence electrons. The number of nitrogens with one attached hydrogen (secondary N) is 1. The van der Waals surface area contributed by atoms with E-state index in [1.165, 1.54) is 56.3 Å². The van der Waals surface area contributed by atoms with Crippen LogP contribution in [0.4, 0.5) is 0 Å². The molecule has 1 aromatic heterocycles. The minimum atomic E-state index is 0.486. The number of aryl methyl sites for hydroxylation is 1. The maximum atomic E-state index is 5.58. The van der Waals surface area contributed by atoms with Gasteiger partial charge in [0, 0.05) is 29.3 Å². The van der Waals surface area contributed by atoms with Gasteiger partial charge in [-0.2, -0.15) is 11.8 Å². The van der Waals surface area contributed by atoms with Crippen molar-refractivity contribution < 1.29 is 4.42 Å². The van der Waals surface area contributed by atoms with E-state index >= 15 is 0 Å². The van der Waals surface area contributed by atoms with Crippen molar-refractivity contribution in [3.8, 4) is 0 Å². The van der Waals surface area contributed by atoms with Crippen LogP contribution < -0.4 is 5.32 Å². The second-order valence-electron chi connectivity index (χ2n) is 6.07. The van der Waals surface area contributed by atoms with Crippen LogP contribution in [0.5, 0.6) is 0 Å². The molecule has 1 saturated carbocycles. The van der Waals surface area contributed by atoms with Crippen LogP contribution in [-0.2, 0) is 6.42 Å². The molecule has 2 nitrogen and oxygen atoms in total. The molecule has 3 heteroatoms. The molecular weight excluding hydrogens is 254 g/mol. The molecular formula is C16H25NOS. The summed E-state index contributed by atoms with van der Waals surface area (Å²) < 4.78 is 6.07. The Labute approximate surface area is 120 Å². The highest BCUT2D eigenvalue weighted by atomic mass is 32.2. The molecule has 0 aromatic carbocycles. The topological polar surface area (TPSA) is 25.2 Å². The van der Waals surface area contributed by atoms with E-state index in [0.717, 1.165) is 13.0 Å². The van der Waals surface area contributed by atoms with Crippen LogP contribution >= 0.6 is 11.8 Å². The summed E-state index contributed by atoms with van der Waals surface area (Å²) in [5.41, 5.74) is 1.42. The zero-order valence-electron chi connectivity index (χ0n) is 11.9. The van der Waals surface area contributed by atoms with Gasteiger partial charge in [0.25, 0.3) is 0 Å². The molecule has 1 heterocycles. The number of rotatable bonds is 4. The number of hydrogen-bond acceptors (Lipinski definition) is 3. The maximum absolute atomic E-state index is 5.58. The van der Waals surface area contributed by atoms with Gasteiger partial charge in [0.05, 0.1) is 6.26 Å². The van der Waals surface area contributed by atoms with E-state index in [-0.39, 0.29) is 0 Å². The van der Waals surface area contributed by atoms with E-state index in [1.807, 2.05) is 6.26 Å². The Hall–Kier alpha value is -0.410. The number of thioether (sulfide) groups is 1. The first-order valence-electron chi connectivity index (χ1n) is 7.68. The molecule has 1 unspecified atom stereocenters. The smallest absolute Gasteiger partial charge is 0.108 e. The molecule has 0 radical (unpaired) electrons. The molecule has 1 atom stereocenters. The van der Waals surface area contributed by atoms with Gasteiger partial charge in [-0.1, -0.05) is 19.3 Å². The van der Waals surface area contributed by atoms with Crippen molar-refractivity contribution in [2.75, 3.05) is 12.8 Å². The molecule has 1 N–H and O–H groups in total. The third kappa shape index (κ3) is 2.87. The van der Waals surface area contributed by atoms with Crippen LogP contribution in [0.1, 0.15) is 62.3 Å². The fourth-order valence-electron chi connectivity index (χ4n) is 3.66. The van der Waals surface area contributed by atoms with Crippen LogP contribution in [0.3, 0.4) is 0 Å². The number of hydrogen-bond donors (Lipinski definition) is 1. The summed E-state index contributed by atoms with van der Waals surface area (Å²) in [5.74, 6) is 1.21. The van der Waals surface area contributed by atoms with Crippen molar-refractivity contribution >= 4 is 11.8 Å². The van der Waals surface area contributed by atoms with E-state index in [2.05, 4.69) is 29.4 Å². The van der Waals surface area contributed by atoms with Crippen LogP contribution in [0.15, 0.2) is 16.7 Å². The predicted octanol–water partition coefficient (Wildman–Crippen LogP) is 4.31. The first-order chi connectivity index (χ1) is 9.33. The normalized spacial score (nSPS) is 26.1. The van der Waals surface area contributed by atoms with Gasteiger partial charge in [0.15, 0.2) is 0 Å². The highest BCUT2D eigenvalue weighted by Crippen LogP contribution is 2.39. The van der Waals surface area contributed by atoms with Crippen LogP contribution in [0.2, 0.25) is 0 Å². The Morgan fingerprint density at radius 3 is 2.95 bits per heavy atom. The summed E-state index contributed by atoms with van der Waals surface area (Å²) in [5, 5.41) is 3.84. The number of furan rings is 1. The highest BCUT2D eigenvalue weighted by Gasteiger charge is 2.32. The van der Waals surface area contributed by atoms with Gasteiger partial charge in [-0.15, -0.1) is 0 Å². The van der Waals surface area contributed by atoms with Gasteiger partial charge in [-0.05, 0) is 38.0 Å². The Bertz CT molecular complexity index is 409. The summed E-state index contributed by atoms with van der Waals surface area (Å²) in [7, 11) is 0. The second-order valence-corrected chi connectivity index (χ2v) is 7.35. The monoisotopic (exact) mass is 279 g/mol. The lowest BCUT2D eigenvalue weighted by Crippen LogP contribution is -2.41. The minimum Gasteiger partial charge on any atom is -0.469 e. The van der Waals surface area contributed by atoms with Crippen molar-refractivity contribution in [2.24, 2.45) is 0 Å². The van der Waals surface area contributed by atoms with E-state index in [9.17, 15) is 0 Å². The van der Waals surface area contributed by atoms with Gasteiger partial charge >= 0.3 is 0 Å². The summed E-state index contributed by atoms with van der Waals surface area (Å²) in [6, 6.07) is 2.69. The molecule has 0 bridgehead atoms. The minimum absolute atomic E-state index is 0.486. The Morgan fingerprint density at radius 2 is 2.16 bits per heavy atom.